The summed E-state index contributed by atoms with van der Waals surface area (Å²) in [6, 6.07) is 2.03. The monoisotopic (exact) mass is 265 g/mol. The zero-order chi connectivity index (χ0) is 14.7. The Labute approximate surface area is 115 Å². The fourth-order valence-corrected chi connectivity index (χ4v) is 2.27. The number of rotatable bonds is 4. The molecule has 1 atom stereocenters. The number of ether oxygens (including phenoxy) is 1. The van der Waals surface area contributed by atoms with Crippen LogP contribution in [0.2, 0.25) is 0 Å². The normalized spacial score (nSPS) is 12.2. The van der Waals surface area contributed by atoms with E-state index < -0.39 is 6.10 Å². The number of aryl methyl sites for hydroxylation is 1. The highest BCUT2D eigenvalue weighted by molar-refractivity contribution is 5.80. The lowest BCUT2D eigenvalue weighted by atomic mass is 9.98. The van der Waals surface area contributed by atoms with Gasteiger partial charge in [-0.05, 0) is 49.9 Å². The SMILES string of the molecule is COc1c(C)cc(CN(C)C(=O)C(C)O)c(C)c1C. The van der Waals surface area contributed by atoms with Crippen LogP contribution >= 0.6 is 0 Å². The number of nitrogens with zero attached hydrogens (tertiary/aromatic N) is 1. The molecule has 0 aliphatic carbocycles. The van der Waals surface area contributed by atoms with Crippen LogP contribution in [0, 0.1) is 20.8 Å². The van der Waals surface area contributed by atoms with Crippen LogP contribution in [0.15, 0.2) is 6.07 Å². The van der Waals surface area contributed by atoms with Gasteiger partial charge in [-0.1, -0.05) is 6.07 Å². The van der Waals surface area contributed by atoms with Crippen molar-refractivity contribution in [2.75, 3.05) is 14.2 Å². The lowest BCUT2D eigenvalue weighted by Gasteiger charge is -2.22. The molecule has 0 heterocycles. The quantitative estimate of drug-likeness (QED) is 0.905. The molecular weight excluding hydrogens is 242 g/mol. The Hall–Kier alpha value is -1.55. The van der Waals surface area contributed by atoms with Crippen LogP contribution in [0.4, 0.5) is 0 Å². The Kier molecular flexibility index (Phi) is 4.95. The van der Waals surface area contributed by atoms with Crippen LogP contribution in [-0.2, 0) is 11.3 Å². The second-order valence-electron chi connectivity index (χ2n) is 5.01. The van der Waals surface area contributed by atoms with Crippen molar-refractivity contribution in [3.8, 4) is 5.75 Å². The fourth-order valence-electron chi connectivity index (χ4n) is 2.27. The van der Waals surface area contributed by atoms with Gasteiger partial charge in [-0.3, -0.25) is 4.79 Å². The van der Waals surface area contributed by atoms with E-state index >= 15 is 0 Å². The molecule has 0 saturated carbocycles. The van der Waals surface area contributed by atoms with Crippen LogP contribution in [0.5, 0.6) is 5.75 Å². The maximum Gasteiger partial charge on any atom is 0.251 e. The highest BCUT2D eigenvalue weighted by Gasteiger charge is 2.17. The number of aliphatic hydroxyl groups is 1. The number of amides is 1. The van der Waals surface area contributed by atoms with Gasteiger partial charge in [0.25, 0.3) is 5.91 Å². The predicted molar refractivity (Wildman–Crippen MR) is 75.4 cm³/mol. The summed E-state index contributed by atoms with van der Waals surface area (Å²) in [6.45, 7) is 8.00. The number of methoxy groups -OCH3 is 1. The average Bonchev–Trinajstić information content (AvgIpc) is 2.35. The zero-order valence-corrected chi connectivity index (χ0v) is 12.6. The molecule has 0 radical (unpaired) electrons. The summed E-state index contributed by atoms with van der Waals surface area (Å²) < 4.78 is 5.38. The lowest BCUT2D eigenvalue weighted by molar-refractivity contribution is -0.138. The zero-order valence-electron chi connectivity index (χ0n) is 12.6. The molecule has 19 heavy (non-hydrogen) atoms. The molecule has 4 heteroatoms. The Morgan fingerprint density at radius 2 is 1.95 bits per heavy atom. The largest absolute Gasteiger partial charge is 0.496 e. The summed E-state index contributed by atoms with van der Waals surface area (Å²) in [6.07, 6.45) is -0.967. The van der Waals surface area contributed by atoms with Gasteiger partial charge in [0.05, 0.1) is 7.11 Å². The van der Waals surface area contributed by atoms with Crippen molar-refractivity contribution in [3.63, 3.8) is 0 Å². The molecule has 4 nitrogen and oxygen atoms in total. The first-order chi connectivity index (χ1) is 8.79. The van der Waals surface area contributed by atoms with E-state index in [9.17, 15) is 9.90 Å². The standard InChI is InChI=1S/C15H23NO3/c1-9-7-13(8-16(5)15(18)12(4)17)10(2)11(3)14(9)19-6/h7,12,17H,8H2,1-6H3. The maximum absolute atomic E-state index is 11.7. The van der Waals surface area contributed by atoms with Crippen molar-refractivity contribution < 1.29 is 14.6 Å². The van der Waals surface area contributed by atoms with Crippen LogP contribution in [-0.4, -0.2) is 36.2 Å². The van der Waals surface area contributed by atoms with E-state index in [-0.39, 0.29) is 5.91 Å². The van der Waals surface area contributed by atoms with Crippen LogP contribution in [0.1, 0.15) is 29.2 Å². The number of aliphatic hydroxyl groups excluding tert-OH is 1. The van der Waals surface area contributed by atoms with Gasteiger partial charge in [0, 0.05) is 13.6 Å². The average molecular weight is 265 g/mol. The Balaban J connectivity index is 3.06. The molecule has 1 unspecified atom stereocenters. The van der Waals surface area contributed by atoms with E-state index in [0.717, 1.165) is 28.0 Å². The Bertz CT molecular complexity index is 481. The van der Waals surface area contributed by atoms with Gasteiger partial charge in [0.2, 0.25) is 0 Å². The Morgan fingerprint density at radius 1 is 1.37 bits per heavy atom. The van der Waals surface area contributed by atoms with Crippen molar-refractivity contribution in [2.24, 2.45) is 0 Å². The number of benzene rings is 1. The molecule has 106 valence electrons. The first kappa shape index (κ1) is 15.5. The minimum absolute atomic E-state index is 0.273. The van der Waals surface area contributed by atoms with Gasteiger partial charge in [-0.15, -0.1) is 0 Å². The maximum atomic E-state index is 11.7. The number of carbonyl (C=O) groups is 1. The van der Waals surface area contributed by atoms with Crippen molar-refractivity contribution in [3.05, 3.63) is 28.3 Å². The van der Waals surface area contributed by atoms with E-state index in [4.69, 9.17) is 4.74 Å². The van der Waals surface area contributed by atoms with Gasteiger partial charge < -0.3 is 14.7 Å². The third-order valence-corrected chi connectivity index (χ3v) is 3.48. The molecule has 0 saturated heterocycles. The predicted octanol–water partition coefficient (Wildman–Crippen LogP) is 1.96. The summed E-state index contributed by atoms with van der Waals surface area (Å²) in [5, 5.41) is 9.32. The highest BCUT2D eigenvalue weighted by Crippen LogP contribution is 2.29. The molecule has 1 aromatic rings. The van der Waals surface area contributed by atoms with Gasteiger partial charge in [-0.25, -0.2) is 0 Å². The molecule has 0 aliphatic rings. The van der Waals surface area contributed by atoms with E-state index in [1.807, 2.05) is 26.8 Å². The summed E-state index contributed by atoms with van der Waals surface area (Å²) >= 11 is 0. The molecule has 1 N–H and O–H groups in total. The summed E-state index contributed by atoms with van der Waals surface area (Å²) in [5.74, 6) is 0.622. The Morgan fingerprint density at radius 3 is 2.42 bits per heavy atom. The first-order valence-electron chi connectivity index (χ1n) is 6.36. The number of carbonyl (C=O) groups excluding carboxylic acids is 1. The molecule has 0 aromatic heterocycles. The fraction of sp³-hybridized carbons (Fsp3) is 0.533. The smallest absolute Gasteiger partial charge is 0.251 e. The first-order valence-corrected chi connectivity index (χ1v) is 6.36. The summed E-state index contributed by atoms with van der Waals surface area (Å²) in [7, 11) is 3.36. The van der Waals surface area contributed by atoms with Crippen molar-refractivity contribution >= 4 is 5.91 Å². The van der Waals surface area contributed by atoms with Crippen LogP contribution in [0.25, 0.3) is 0 Å². The second-order valence-corrected chi connectivity index (χ2v) is 5.01. The summed E-state index contributed by atoms with van der Waals surface area (Å²) in [4.78, 5) is 13.2. The third kappa shape index (κ3) is 3.26. The minimum atomic E-state index is -0.967. The summed E-state index contributed by atoms with van der Waals surface area (Å²) in [5.41, 5.74) is 4.34. The van der Waals surface area contributed by atoms with E-state index in [1.165, 1.54) is 6.92 Å². The van der Waals surface area contributed by atoms with Gasteiger partial charge in [0.1, 0.15) is 11.9 Å². The second kappa shape index (κ2) is 6.06. The molecule has 1 amide bonds. The van der Waals surface area contributed by atoms with Crippen LogP contribution < -0.4 is 4.74 Å². The van der Waals surface area contributed by atoms with Gasteiger partial charge in [0.15, 0.2) is 0 Å². The van der Waals surface area contributed by atoms with Gasteiger partial charge in [-0.2, -0.15) is 0 Å². The van der Waals surface area contributed by atoms with Crippen molar-refractivity contribution in [1.29, 1.82) is 0 Å². The van der Waals surface area contributed by atoms with Gasteiger partial charge >= 0.3 is 0 Å². The van der Waals surface area contributed by atoms with E-state index in [1.54, 1.807) is 19.1 Å². The molecule has 1 aromatic carbocycles. The topological polar surface area (TPSA) is 49.8 Å². The highest BCUT2D eigenvalue weighted by atomic mass is 16.5. The third-order valence-electron chi connectivity index (χ3n) is 3.48. The molecule has 0 bridgehead atoms. The molecule has 0 aliphatic heterocycles. The van der Waals surface area contributed by atoms with E-state index in [0.29, 0.717) is 6.54 Å². The molecular formula is C15H23NO3. The molecule has 0 fully saturated rings. The molecule has 1 rings (SSSR count). The molecule has 0 spiro atoms. The lowest BCUT2D eigenvalue weighted by Crippen LogP contribution is -2.34. The number of likely N-dealkylation sites (N-methyl/N-ethyl adjacent to an activating group) is 1. The number of hydrogen-bond donors (Lipinski definition) is 1. The van der Waals surface area contributed by atoms with E-state index in [2.05, 4.69) is 0 Å². The number of hydrogen-bond acceptors (Lipinski definition) is 3. The van der Waals surface area contributed by atoms with Crippen molar-refractivity contribution in [2.45, 2.75) is 40.3 Å². The minimum Gasteiger partial charge on any atom is -0.496 e. The van der Waals surface area contributed by atoms with Crippen molar-refractivity contribution in [1.82, 2.24) is 4.90 Å². The van der Waals surface area contributed by atoms with Crippen LogP contribution in [0.3, 0.4) is 0 Å².